The van der Waals surface area contributed by atoms with Crippen LogP contribution in [0.5, 0.6) is 0 Å². The minimum absolute atomic E-state index is 0.189. The Morgan fingerprint density at radius 1 is 0.852 bits per heavy atom. The van der Waals surface area contributed by atoms with Crippen molar-refractivity contribution in [1.82, 2.24) is 0 Å². The van der Waals surface area contributed by atoms with Crippen LogP contribution in [0.3, 0.4) is 0 Å². The van der Waals surface area contributed by atoms with E-state index in [4.69, 9.17) is 8.83 Å². The van der Waals surface area contributed by atoms with Crippen molar-refractivity contribution in [2.24, 2.45) is 4.99 Å². The smallest absolute Gasteiger partial charge is 0.209 e. The predicted molar refractivity (Wildman–Crippen MR) is 126 cm³/mol. The molecule has 2 aromatic heterocycles. The van der Waals surface area contributed by atoms with Crippen LogP contribution < -0.4 is 0 Å². The van der Waals surface area contributed by atoms with Crippen LogP contribution in [0.1, 0.15) is 5.56 Å². The van der Waals surface area contributed by atoms with Gasteiger partial charge in [0.1, 0.15) is 5.58 Å². The summed E-state index contributed by atoms with van der Waals surface area (Å²) in [4.78, 5) is 3.99. The Labute approximate surface area is 180 Å². The van der Waals surface area contributed by atoms with Crippen LogP contribution in [0.2, 0.25) is 0 Å². The van der Waals surface area contributed by atoms with E-state index >= 15 is 4.39 Å². The van der Waals surface area contributed by atoms with Crippen molar-refractivity contribution in [1.29, 1.82) is 0 Å². The lowest BCUT2D eigenvalue weighted by Gasteiger charge is -1.98. The summed E-state index contributed by atoms with van der Waals surface area (Å²) in [6, 6.07) is 9.59. The number of halogens is 3. The maximum Gasteiger partial charge on any atom is 0.209 e. The van der Waals surface area contributed by atoms with Crippen LogP contribution in [-0.4, -0.2) is 6.72 Å². The predicted octanol–water partition coefficient (Wildman–Crippen LogP) is 7.81. The lowest BCUT2D eigenvalue weighted by Crippen LogP contribution is -1.79. The maximum atomic E-state index is 15.3. The molecule has 27 heavy (non-hydrogen) atoms. The quantitative estimate of drug-likeness (QED) is 0.158. The summed E-state index contributed by atoms with van der Waals surface area (Å²) in [5, 5.41) is 3.16. The summed E-state index contributed by atoms with van der Waals surface area (Å²) in [7, 11) is 0. The fraction of sp³-hybridized carbons (Fsp3) is 0. The molecule has 3 nitrogen and oxygen atoms in total. The molecule has 0 aliphatic heterocycles. The first-order valence-electron chi connectivity index (χ1n) is 8.02. The minimum atomic E-state index is -0.491. The average molecular weight is 581 g/mol. The third-order valence-corrected chi connectivity index (χ3v) is 6.91. The second-order valence-electron chi connectivity index (χ2n) is 6.13. The third-order valence-electron chi connectivity index (χ3n) is 4.76. The number of furan rings is 2. The second kappa shape index (κ2) is 6.03. The number of hydrogen-bond acceptors (Lipinski definition) is 3. The number of fused-ring (bicyclic) bond motifs is 6. The Morgan fingerprint density at radius 2 is 1.44 bits per heavy atom. The van der Waals surface area contributed by atoms with Crippen molar-refractivity contribution < 1.29 is 13.2 Å². The molecule has 0 saturated carbocycles. The molecule has 5 aromatic rings. The first-order chi connectivity index (χ1) is 13.0. The molecule has 0 aliphatic carbocycles. The molecule has 5 rings (SSSR count). The maximum absolute atomic E-state index is 15.3. The highest BCUT2D eigenvalue weighted by Crippen LogP contribution is 2.42. The highest BCUT2D eigenvalue weighted by molar-refractivity contribution is 14.1. The van der Waals surface area contributed by atoms with Gasteiger partial charge in [0.05, 0.1) is 12.8 Å². The molecule has 0 aliphatic rings. The number of aliphatic imine (C=N–C) groups is 1. The molecule has 0 radical (unpaired) electrons. The van der Waals surface area contributed by atoms with E-state index in [1.165, 1.54) is 0 Å². The van der Waals surface area contributed by atoms with Crippen LogP contribution in [-0.2, 0) is 0 Å². The first-order valence-corrected chi connectivity index (χ1v) is 10.2. The third kappa shape index (κ3) is 2.25. The molecule has 0 bridgehead atoms. The van der Waals surface area contributed by atoms with Crippen LogP contribution in [0, 0.1) is 13.0 Å². The van der Waals surface area contributed by atoms with E-state index in [1.807, 2.05) is 30.3 Å². The summed E-state index contributed by atoms with van der Waals surface area (Å²) in [5.74, 6) is -0.491. The Kier molecular flexibility index (Phi) is 3.84. The molecule has 0 N–H and O–H groups in total. The fourth-order valence-electron chi connectivity index (χ4n) is 3.44. The van der Waals surface area contributed by atoms with Gasteiger partial charge in [-0.05, 0) is 81.7 Å². The van der Waals surface area contributed by atoms with Gasteiger partial charge in [-0.15, -0.1) is 0 Å². The van der Waals surface area contributed by atoms with E-state index in [1.54, 1.807) is 6.08 Å². The summed E-state index contributed by atoms with van der Waals surface area (Å²) in [5.41, 5.74) is 3.32. The summed E-state index contributed by atoms with van der Waals surface area (Å²) in [6.07, 6.45) is 1.76. The minimum Gasteiger partial charge on any atom is -0.452 e. The second-order valence-corrected chi connectivity index (χ2v) is 8.29. The van der Waals surface area contributed by atoms with Crippen molar-refractivity contribution in [2.45, 2.75) is 0 Å². The van der Waals surface area contributed by atoms with Gasteiger partial charge in [0.2, 0.25) is 5.82 Å². The van der Waals surface area contributed by atoms with Gasteiger partial charge >= 0.3 is 0 Å². The van der Waals surface area contributed by atoms with Crippen molar-refractivity contribution in [3.05, 3.63) is 55.4 Å². The molecule has 0 atom stereocenters. The zero-order valence-electron chi connectivity index (χ0n) is 13.8. The van der Waals surface area contributed by atoms with Gasteiger partial charge in [-0.1, -0.05) is 18.7 Å². The van der Waals surface area contributed by atoms with Gasteiger partial charge in [-0.2, -0.15) is 4.39 Å². The lowest BCUT2D eigenvalue weighted by molar-refractivity contribution is 0.560. The summed E-state index contributed by atoms with van der Waals surface area (Å²) in [6.45, 7) is 7.38. The zero-order chi connectivity index (χ0) is 18.9. The first kappa shape index (κ1) is 17.2. The van der Waals surface area contributed by atoms with Gasteiger partial charge in [0.25, 0.3) is 0 Å². The number of rotatable bonds is 2. The fourth-order valence-corrected chi connectivity index (χ4v) is 4.99. The monoisotopic (exact) mass is 581 g/mol. The van der Waals surface area contributed by atoms with Gasteiger partial charge in [-0.3, -0.25) is 4.99 Å². The SMILES string of the molecule is C=Cc1ccc2c(oc3c(F)c4oc5c(I)c(N=C)ccc5c4cc32)c1I. The molecular weight excluding hydrogens is 571 g/mol. The van der Waals surface area contributed by atoms with E-state index in [9.17, 15) is 0 Å². The van der Waals surface area contributed by atoms with E-state index in [0.29, 0.717) is 22.2 Å². The Balaban J connectivity index is 1.98. The van der Waals surface area contributed by atoms with Crippen LogP contribution >= 0.6 is 45.2 Å². The van der Waals surface area contributed by atoms with Crippen LogP contribution in [0.25, 0.3) is 50.0 Å². The largest absolute Gasteiger partial charge is 0.452 e. The Morgan fingerprint density at radius 3 is 2.04 bits per heavy atom. The van der Waals surface area contributed by atoms with Crippen LogP contribution in [0.15, 0.2) is 50.7 Å². The normalized spacial score (nSPS) is 11.8. The molecule has 2 heterocycles. The molecule has 0 fully saturated rings. The van der Waals surface area contributed by atoms with Gasteiger partial charge < -0.3 is 8.83 Å². The average Bonchev–Trinajstić information content (AvgIpc) is 3.23. The topological polar surface area (TPSA) is 38.6 Å². The lowest BCUT2D eigenvalue weighted by atomic mass is 10.1. The molecule has 0 saturated heterocycles. The molecule has 6 heteroatoms. The van der Waals surface area contributed by atoms with Crippen LogP contribution in [0.4, 0.5) is 10.1 Å². The standard InChI is InChI=1S/C21H10FI2NO2/c1-3-9-4-5-10-12-8-13-11-6-7-14(25-2)17(24)21(11)27-19(13)15(22)18(12)26-20(10)16(9)23/h3-8H,1-2H2. The summed E-state index contributed by atoms with van der Waals surface area (Å²) >= 11 is 4.35. The van der Waals surface area contributed by atoms with E-state index in [0.717, 1.165) is 28.9 Å². The molecule has 0 amide bonds. The molecule has 0 spiro atoms. The van der Waals surface area contributed by atoms with Gasteiger partial charge in [0.15, 0.2) is 16.7 Å². The molecule has 0 unspecified atom stereocenters. The molecule has 132 valence electrons. The Bertz CT molecular complexity index is 1340. The summed E-state index contributed by atoms with van der Waals surface area (Å²) < 4.78 is 28.8. The van der Waals surface area contributed by atoms with Crippen molar-refractivity contribution >= 4 is 108 Å². The number of nitrogens with zero attached hydrogens (tertiary/aromatic N) is 1. The highest BCUT2D eigenvalue weighted by Gasteiger charge is 2.22. The van der Waals surface area contributed by atoms with Gasteiger partial charge in [-0.25, -0.2) is 0 Å². The van der Waals surface area contributed by atoms with Crippen molar-refractivity contribution in [3.63, 3.8) is 0 Å². The number of benzene rings is 3. The highest BCUT2D eigenvalue weighted by atomic mass is 127. The molecular formula is C21H10FI2NO2. The molecule has 3 aromatic carbocycles. The van der Waals surface area contributed by atoms with E-state index < -0.39 is 5.82 Å². The Hall–Kier alpha value is -1.94. The number of hydrogen-bond donors (Lipinski definition) is 0. The van der Waals surface area contributed by atoms with Crippen molar-refractivity contribution in [2.75, 3.05) is 0 Å². The van der Waals surface area contributed by atoms with Crippen molar-refractivity contribution in [3.8, 4) is 0 Å². The van der Waals surface area contributed by atoms with E-state index in [-0.39, 0.29) is 11.2 Å². The zero-order valence-corrected chi connectivity index (χ0v) is 18.1. The van der Waals surface area contributed by atoms with Gasteiger partial charge in [0, 0.05) is 21.5 Å². The van der Waals surface area contributed by atoms with E-state index in [2.05, 4.69) is 63.5 Å².